The Morgan fingerprint density at radius 3 is 2.72 bits per heavy atom. The average Bonchev–Trinajstić information content (AvgIpc) is 2.27. The summed E-state index contributed by atoms with van der Waals surface area (Å²) in [7, 11) is -2.92. The maximum Gasteiger partial charge on any atom is 0.148 e. The highest BCUT2D eigenvalue weighted by Gasteiger charge is 2.09. The predicted molar refractivity (Wildman–Crippen MR) is 79.3 cm³/mol. The molecule has 0 aromatic heterocycles. The standard InChI is InChI=1S/C12H18ClNO2S2/c1-3-14-9-10-5-4-6-11(13)12(10)17-7-8-18(2,15)16/h4-6,14H,3,7-9H2,1-2H3. The van der Waals surface area contributed by atoms with Crippen LogP contribution in [0.1, 0.15) is 12.5 Å². The zero-order valence-corrected chi connectivity index (χ0v) is 13.0. The van der Waals surface area contributed by atoms with Crippen molar-refractivity contribution in [2.75, 3.05) is 24.3 Å². The summed E-state index contributed by atoms with van der Waals surface area (Å²) in [6, 6.07) is 5.76. The number of benzene rings is 1. The molecule has 0 aliphatic carbocycles. The van der Waals surface area contributed by atoms with Crippen molar-refractivity contribution in [3.05, 3.63) is 28.8 Å². The number of hydrogen-bond donors (Lipinski definition) is 1. The number of thioether (sulfide) groups is 1. The number of nitrogens with one attached hydrogen (secondary N) is 1. The van der Waals surface area contributed by atoms with Crippen molar-refractivity contribution >= 4 is 33.2 Å². The first-order valence-electron chi connectivity index (χ1n) is 5.72. The Labute approximate surface area is 118 Å². The van der Waals surface area contributed by atoms with E-state index in [-0.39, 0.29) is 5.75 Å². The molecular formula is C12H18ClNO2S2. The van der Waals surface area contributed by atoms with Crippen LogP contribution in [-0.4, -0.2) is 32.7 Å². The molecule has 0 spiro atoms. The van der Waals surface area contributed by atoms with E-state index in [0.717, 1.165) is 23.5 Å². The van der Waals surface area contributed by atoms with Gasteiger partial charge in [0.25, 0.3) is 0 Å². The van der Waals surface area contributed by atoms with Crippen LogP contribution in [0.25, 0.3) is 0 Å². The van der Waals surface area contributed by atoms with Crippen molar-refractivity contribution in [1.29, 1.82) is 0 Å². The minimum absolute atomic E-state index is 0.170. The summed E-state index contributed by atoms with van der Waals surface area (Å²) in [5, 5.41) is 3.93. The molecule has 18 heavy (non-hydrogen) atoms. The molecule has 1 rings (SSSR count). The molecule has 0 atom stereocenters. The fourth-order valence-electron chi connectivity index (χ4n) is 1.41. The van der Waals surface area contributed by atoms with E-state index in [0.29, 0.717) is 10.8 Å². The van der Waals surface area contributed by atoms with Crippen LogP contribution in [0.4, 0.5) is 0 Å². The number of halogens is 1. The van der Waals surface area contributed by atoms with Gasteiger partial charge in [-0.25, -0.2) is 8.42 Å². The van der Waals surface area contributed by atoms with E-state index in [1.165, 1.54) is 18.0 Å². The van der Waals surface area contributed by atoms with Crippen LogP contribution in [0.3, 0.4) is 0 Å². The van der Waals surface area contributed by atoms with E-state index in [1.54, 1.807) is 0 Å². The summed E-state index contributed by atoms with van der Waals surface area (Å²) in [6.45, 7) is 3.68. The molecule has 1 N–H and O–H groups in total. The van der Waals surface area contributed by atoms with Crippen molar-refractivity contribution in [1.82, 2.24) is 5.32 Å². The Kier molecular flexibility index (Phi) is 6.49. The largest absolute Gasteiger partial charge is 0.313 e. The van der Waals surface area contributed by atoms with Crippen LogP contribution in [0.15, 0.2) is 23.1 Å². The van der Waals surface area contributed by atoms with Gasteiger partial charge in [-0.05, 0) is 18.2 Å². The highest BCUT2D eigenvalue weighted by molar-refractivity contribution is 8.00. The highest BCUT2D eigenvalue weighted by atomic mass is 35.5. The molecule has 0 unspecified atom stereocenters. The number of hydrogen-bond acceptors (Lipinski definition) is 4. The van der Waals surface area contributed by atoms with Gasteiger partial charge < -0.3 is 5.32 Å². The first kappa shape index (κ1) is 15.8. The van der Waals surface area contributed by atoms with Gasteiger partial charge in [0.05, 0.1) is 10.8 Å². The lowest BCUT2D eigenvalue weighted by Crippen LogP contribution is -2.12. The van der Waals surface area contributed by atoms with Crippen LogP contribution < -0.4 is 5.32 Å². The van der Waals surface area contributed by atoms with E-state index in [1.807, 2.05) is 25.1 Å². The summed E-state index contributed by atoms with van der Waals surface area (Å²) >= 11 is 7.66. The topological polar surface area (TPSA) is 46.2 Å². The Hall–Kier alpha value is -0.230. The van der Waals surface area contributed by atoms with Gasteiger partial charge in [-0.15, -0.1) is 11.8 Å². The molecule has 1 aromatic carbocycles. The molecule has 0 radical (unpaired) electrons. The summed E-state index contributed by atoms with van der Waals surface area (Å²) in [5.74, 6) is 0.700. The van der Waals surface area contributed by atoms with Gasteiger partial charge in [-0.2, -0.15) is 0 Å². The maximum absolute atomic E-state index is 11.1. The minimum Gasteiger partial charge on any atom is -0.313 e. The smallest absolute Gasteiger partial charge is 0.148 e. The number of sulfone groups is 1. The van der Waals surface area contributed by atoms with Gasteiger partial charge in [0, 0.05) is 23.4 Å². The molecule has 0 heterocycles. The lowest BCUT2D eigenvalue weighted by Gasteiger charge is -2.11. The molecule has 0 aliphatic rings. The molecule has 1 aromatic rings. The minimum atomic E-state index is -2.92. The maximum atomic E-state index is 11.1. The van der Waals surface area contributed by atoms with Crippen LogP contribution >= 0.6 is 23.4 Å². The fraction of sp³-hybridized carbons (Fsp3) is 0.500. The van der Waals surface area contributed by atoms with Gasteiger partial charge in [0.15, 0.2) is 0 Å². The van der Waals surface area contributed by atoms with Crippen LogP contribution in [0, 0.1) is 0 Å². The van der Waals surface area contributed by atoms with Crippen molar-refractivity contribution < 1.29 is 8.42 Å². The molecule has 0 aliphatic heterocycles. The summed E-state index contributed by atoms with van der Waals surface area (Å²) in [4.78, 5) is 0.976. The van der Waals surface area contributed by atoms with Gasteiger partial charge in [0.1, 0.15) is 9.84 Å². The van der Waals surface area contributed by atoms with Crippen LogP contribution in [0.2, 0.25) is 5.02 Å². The normalized spacial score (nSPS) is 11.7. The van der Waals surface area contributed by atoms with Gasteiger partial charge in [0.2, 0.25) is 0 Å². The van der Waals surface area contributed by atoms with Gasteiger partial charge in [-0.3, -0.25) is 0 Å². The molecule has 0 saturated heterocycles. The zero-order valence-electron chi connectivity index (χ0n) is 10.6. The van der Waals surface area contributed by atoms with E-state index in [9.17, 15) is 8.42 Å². The van der Waals surface area contributed by atoms with E-state index < -0.39 is 9.84 Å². The zero-order chi connectivity index (χ0) is 13.6. The molecule has 102 valence electrons. The van der Waals surface area contributed by atoms with E-state index in [4.69, 9.17) is 11.6 Å². The SMILES string of the molecule is CCNCc1cccc(Cl)c1SCCS(C)(=O)=O. The van der Waals surface area contributed by atoms with E-state index >= 15 is 0 Å². The van der Waals surface area contributed by atoms with Crippen molar-refractivity contribution in [3.8, 4) is 0 Å². The van der Waals surface area contributed by atoms with E-state index in [2.05, 4.69) is 5.32 Å². The molecular weight excluding hydrogens is 290 g/mol. The third-order valence-corrected chi connectivity index (χ3v) is 5.12. The molecule has 0 fully saturated rings. The Morgan fingerprint density at radius 1 is 1.39 bits per heavy atom. The molecule has 0 saturated carbocycles. The third-order valence-electron chi connectivity index (χ3n) is 2.31. The Bertz CT molecular complexity index is 489. The highest BCUT2D eigenvalue weighted by Crippen LogP contribution is 2.30. The molecule has 6 heteroatoms. The second-order valence-electron chi connectivity index (χ2n) is 3.99. The van der Waals surface area contributed by atoms with Gasteiger partial charge in [-0.1, -0.05) is 30.7 Å². The second kappa shape index (κ2) is 7.38. The lowest BCUT2D eigenvalue weighted by molar-refractivity contribution is 0.603. The monoisotopic (exact) mass is 307 g/mol. The van der Waals surface area contributed by atoms with Gasteiger partial charge >= 0.3 is 0 Å². The quantitative estimate of drug-likeness (QED) is 0.787. The van der Waals surface area contributed by atoms with Crippen LogP contribution in [-0.2, 0) is 16.4 Å². The summed E-state index contributed by atoms with van der Waals surface area (Å²) < 4.78 is 22.2. The summed E-state index contributed by atoms with van der Waals surface area (Å²) in [6.07, 6.45) is 1.25. The molecule has 3 nitrogen and oxygen atoms in total. The van der Waals surface area contributed by atoms with Crippen molar-refractivity contribution in [2.24, 2.45) is 0 Å². The third kappa shape index (κ3) is 5.61. The fourth-order valence-corrected chi connectivity index (χ4v) is 4.05. The van der Waals surface area contributed by atoms with Crippen LogP contribution in [0.5, 0.6) is 0 Å². The Morgan fingerprint density at radius 2 is 2.11 bits per heavy atom. The number of rotatable bonds is 7. The van der Waals surface area contributed by atoms with Crippen molar-refractivity contribution in [3.63, 3.8) is 0 Å². The Balaban J connectivity index is 2.73. The average molecular weight is 308 g/mol. The predicted octanol–water partition coefficient (Wildman–Crippen LogP) is 2.59. The lowest BCUT2D eigenvalue weighted by atomic mass is 10.2. The molecule has 0 bridgehead atoms. The summed E-state index contributed by atoms with van der Waals surface area (Å²) in [5.41, 5.74) is 1.11. The molecule has 0 amide bonds. The second-order valence-corrected chi connectivity index (χ2v) is 7.76. The first-order valence-corrected chi connectivity index (χ1v) is 9.15. The first-order chi connectivity index (χ1) is 8.44. The van der Waals surface area contributed by atoms with Crippen molar-refractivity contribution in [2.45, 2.75) is 18.4 Å².